The van der Waals surface area contributed by atoms with Crippen LogP contribution in [0.4, 0.5) is 0 Å². The smallest absolute Gasteiger partial charge is 0.346 e. The summed E-state index contributed by atoms with van der Waals surface area (Å²) < 4.78 is 8.29. The van der Waals surface area contributed by atoms with Crippen LogP contribution in [0.3, 0.4) is 0 Å². The number of rotatable bonds is 2. The molecule has 6 heteroatoms. The summed E-state index contributed by atoms with van der Waals surface area (Å²) in [6.45, 7) is 4.02. The van der Waals surface area contributed by atoms with Crippen LogP contribution in [0.2, 0.25) is 0 Å². The van der Waals surface area contributed by atoms with E-state index in [2.05, 4.69) is 28.0 Å². The van der Waals surface area contributed by atoms with Crippen LogP contribution in [-0.2, 0) is 13.5 Å². The van der Waals surface area contributed by atoms with Crippen LogP contribution in [-0.4, -0.2) is 14.8 Å². The first kappa shape index (κ1) is 15.3. The van der Waals surface area contributed by atoms with E-state index in [4.69, 9.17) is 9.40 Å². The first-order valence-electron chi connectivity index (χ1n) is 7.89. The SMILES string of the molecule is CCCc1nc2c(c(C)nn2C)c2c1c(=O)oc1ccc(Br)cc12. The Hall–Kier alpha value is -2.21. The molecule has 0 bridgehead atoms. The van der Waals surface area contributed by atoms with Gasteiger partial charge in [-0.15, -0.1) is 0 Å². The number of hydrogen-bond acceptors (Lipinski definition) is 4. The number of halogens is 1. The van der Waals surface area contributed by atoms with Crippen LogP contribution in [0.25, 0.3) is 32.8 Å². The summed E-state index contributed by atoms with van der Waals surface area (Å²) in [5, 5.41) is 7.80. The fourth-order valence-electron chi connectivity index (χ4n) is 3.36. The Morgan fingerprint density at radius 3 is 2.79 bits per heavy atom. The molecular weight excluding hydrogens is 370 g/mol. The van der Waals surface area contributed by atoms with Crippen molar-refractivity contribution in [3.05, 3.63) is 44.5 Å². The van der Waals surface area contributed by atoms with Crippen molar-refractivity contribution in [2.45, 2.75) is 26.7 Å². The van der Waals surface area contributed by atoms with E-state index in [0.29, 0.717) is 11.0 Å². The Balaban J connectivity index is 2.39. The molecule has 0 radical (unpaired) electrons. The minimum atomic E-state index is -0.332. The fraction of sp³-hybridized carbons (Fsp3) is 0.278. The molecule has 5 nitrogen and oxygen atoms in total. The normalized spacial score (nSPS) is 11.8. The van der Waals surface area contributed by atoms with Crippen LogP contribution in [0, 0.1) is 6.92 Å². The van der Waals surface area contributed by atoms with Crippen LogP contribution >= 0.6 is 15.9 Å². The van der Waals surface area contributed by atoms with Gasteiger partial charge in [0, 0.05) is 22.3 Å². The van der Waals surface area contributed by atoms with Gasteiger partial charge in [0.1, 0.15) is 5.58 Å². The summed E-state index contributed by atoms with van der Waals surface area (Å²) in [5.74, 6) is 0. The van der Waals surface area contributed by atoms with Crippen molar-refractivity contribution >= 4 is 48.7 Å². The lowest BCUT2D eigenvalue weighted by Crippen LogP contribution is -2.07. The summed E-state index contributed by atoms with van der Waals surface area (Å²) in [6, 6.07) is 5.68. The molecular formula is C18H16BrN3O2. The molecule has 0 aliphatic carbocycles. The van der Waals surface area contributed by atoms with Crippen LogP contribution in [0.5, 0.6) is 0 Å². The molecule has 0 unspecified atom stereocenters. The van der Waals surface area contributed by atoms with Gasteiger partial charge in [-0.2, -0.15) is 5.10 Å². The Labute approximate surface area is 146 Å². The first-order chi connectivity index (χ1) is 11.5. The number of fused-ring (bicyclic) bond motifs is 5. The van der Waals surface area contributed by atoms with Crippen LogP contribution < -0.4 is 5.63 Å². The van der Waals surface area contributed by atoms with Crippen molar-refractivity contribution in [1.82, 2.24) is 14.8 Å². The van der Waals surface area contributed by atoms with Gasteiger partial charge < -0.3 is 4.42 Å². The van der Waals surface area contributed by atoms with Gasteiger partial charge in [-0.05, 0) is 31.5 Å². The Kier molecular flexibility index (Phi) is 3.46. The Bertz CT molecular complexity index is 1170. The van der Waals surface area contributed by atoms with E-state index in [0.717, 1.165) is 50.5 Å². The molecule has 3 heterocycles. The maximum absolute atomic E-state index is 12.7. The van der Waals surface area contributed by atoms with E-state index in [-0.39, 0.29) is 5.63 Å². The number of benzene rings is 1. The standard InChI is InChI=1S/C18H16BrN3O2/c1-4-5-12-16-15(14-9(2)21-22(3)17(14)20-12)11-8-10(19)6-7-13(11)24-18(16)23/h6-8H,4-5H2,1-3H3. The molecule has 122 valence electrons. The van der Waals surface area contributed by atoms with Crippen molar-refractivity contribution in [3.8, 4) is 0 Å². The van der Waals surface area contributed by atoms with Crippen molar-refractivity contribution in [1.29, 1.82) is 0 Å². The summed E-state index contributed by atoms with van der Waals surface area (Å²) in [6.07, 6.45) is 1.63. The minimum absolute atomic E-state index is 0.332. The van der Waals surface area contributed by atoms with Crippen LogP contribution in [0.1, 0.15) is 24.7 Å². The highest BCUT2D eigenvalue weighted by Gasteiger charge is 2.20. The van der Waals surface area contributed by atoms with Crippen molar-refractivity contribution < 1.29 is 4.42 Å². The zero-order valence-electron chi connectivity index (χ0n) is 13.7. The second kappa shape index (κ2) is 5.41. The van der Waals surface area contributed by atoms with Crippen molar-refractivity contribution in [2.75, 3.05) is 0 Å². The van der Waals surface area contributed by atoms with Crippen LogP contribution in [0.15, 0.2) is 31.9 Å². The molecule has 4 rings (SSSR count). The van der Waals surface area contributed by atoms with Gasteiger partial charge in [-0.1, -0.05) is 29.3 Å². The topological polar surface area (TPSA) is 60.9 Å². The quantitative estimate of drug-likeness (QED) is 0.382. The second-order valence-corrected chi connectivity index (χ2v) is 6.91. The molecule has 0 spiro atoms. The molecule has 0 amide bonds. The molecule has 3 aromatic heterocycles. The average molecular weight is 386 g/mol. The second-order valence-electron chi connectivity index (χ2n) is 6.00. The van der Waals surface area contributed by atoms with E-state index < -0.39 is 0 Å². The number of aryl methyl sites for hydroxylation is 3. The molecule has 1 aromatic carbocycles. The summed E-state index contributed by atoms with van der Waals surface area (Å²) in [7, 11) is 1.88. The van der Waals surface area contributed by atoms with Crippen molar-refractivity contribution in [3.63, 3.8) is 0 Å². The highest BCUT2D eigenvalue weighted by molar-refractivity contribution is 9.10. The third-order valence-electron chi connectivity index (χ3n) is 4.33. The molecule has 0 aliphatic rings. The predicted octanol–water partition coefficient (Wildman–Crippen LogP) is 4.25. The van der Waals surface area contributed by atoms with Gasteiger partial charge in [0.2, 0.25) is 0 Å². The minimum Gasteiger partial charge on any atom is -0.422 e. The third-order valence-corrected chi connectivity index (χ3v) is 4.82. The summed E-state index contributed by atoms with van der Waals surface area (Å²) in [4.78, 5) is 17.4. The zero-order valence-corrected chi connectivity index (χ0v) is 15.3. The lowest BCUT2D eigenvalue weighted by Gasteiger charge is -2.09. The van der Waals surface area contributed by atoms with Gasteiger partial charge in [-0.25, -0.2) is 9.78 Å². The number of pyridine rings is 1. The lowest BCUT2D eigenvalue weighted by molar-refractivity contribution is 0.568. The largest absolute Gasteiger partial charge is 0.422 e. The van der Waals surface area contributed by atoms with Gasteiger partial charge in [-0.3, -0.25) is 4.68 Å². The Morgan fingerprint density at radius 1 is 1.25 bits per heavy atom. The van der Waals surface area contributed by atoms with E-state index in [1.165, 1.54) is 0 Å². The maximum Gasteiger partial charge on any atom is 0.346 e. The van der Waals surface area contributed by atoms with E-state index in [1.54, 1.807) is 4.68 Å². The molecule has 4 aromatic rings. The molecule has 0 atom stereocenters. The number of nitrogens with zero attached hydrogens (tertiary/aromatic N) is 3. The van der Waals surface area contributed by atoms with E-state index >= 15 is 0 Å². The average Bonchev–Trinajstić information content (AvgIpc) is 2.82. The highest BCUT2D eigenvalue weighted by atomic mass is 79.9. The lowest BCUT2D eigenvalue weighted by atomic mass is 10.0. The highest BCUT2D eigenvalue weighted by Crippen LogP contribution is 2.34. The summed E-state index contributed by atoms with van der Waals surface area (Å²) in [5.41, 5.74) is 2.68. The monoisotopic (exact) mass is 385 g/mol. The molecule has 24 heavy (non-hydrogen) atoms. The first-order valence-corrected chi connectivity index (χ1v) is 8.68. The van der Waals surface area contributed by atoms with E-state index in [9.17, 15) is 4.79 Å². The van der Waals surface area contributed by atoms with Gasteiger partial charge in [0.05, 0.1) is 22.2 Å². The zero-order chi connectivity index (χ0) is 17.0. The molecule has 0 aliphatic heterocycles. The predicted molar refractivity (Wildman–Crippen MR) is 98.5 cm³/mol. The van der Waals surface area contributed by atoms with Gasteiger partial charge >= 0.3 is 5.63 Å². The number of hydrogen-bond donors (Lipinski definition) is 0. The molecule has 0 saturated carbocycles. The third kappa shape index (κ3) is 2.09. The molecule has 0 N–H and O–H groups in total. The van der Waals surface area contributed by atoms with Crippen molar-refractivity contribution in [2.24, 2.45) is 7.05 Å². The summed E-state index contributed by atoms with van der Waals surface area (Å²) >= 11 is 3.52. The fourth-order valence-corrected chi connectivity index (χ4v) is 3.73. The Morgan fingerprint density at radius 2 is 2.04 bits per heavy atom. The van der Waals surface area contributed by atoms with Gasteiger partial charge in [0.25, 0.3) is 0 Å². The molecule has 0 saturated heterocycles. The maximum atomic E-state index is 12.7. The number of aromatic nitrogens is 3. The van der Waals surface area contributed by atoms with E-state index in [1.807, 2.05) is 32.2 Å². The van der Waals surface area contributed by atoms with Gasteiger partial charge in [0.15, 0.2) is 5.65 Å². The molecule has 0 fully saturated rings.